The van der Waals surface area contributed by atoms with Crippen LogP contribution in [0.15, 0.2) is 118 Å². The van der Waals surface area contributed by atoms with Crippen molar-refractivity contribution >= 4 is 96.4 Å². The summed E-state index contributed by atoms with van der Waals surface area (Å²) in [5.41, 5.74) is 4.83. The molecule has 31 nitrogen and oxygen atoms in total. The van der Waals surface area contributed by atoms with Gasteiger partial charge in [0.1, 0.15) is 58.0 Å². The molecule has 0 aliphatic rings. The van der Waals surface area contributed by atoms with Crippen molar-refractivity contribution in [2.45, 2.75) is 14.7 Å². The van der Waals surface area contributed by atoms with Crippen LogP contribution in [0.5, 0.6) is 23.1 Å². The van der Waals surface area contributed by atoms with Crippen LogP contribution in [0.2, 0.25) is 0 Å². The molecule has 0 saturated carbocycles. The SMILES string of the molecule is NC(=O)c1nn(-c2ccc3c(O)c(N=Nc4cc(OCCO)c(N=Nc5ccc(NOO)cc5S(=O)(=O)O)cc4OCCO)c(SOOO)cc3c2)c(O)c1N=Nc1ccc([N+](=O)[O-])cc1SOOO. The number of fused-ring (bicyclic) bond motifs is 1. The Labute approximate surface area is 397 Å². The Morgan fingerprint density at radius 1 is 0.771 bits per heavy atom. The number of nitrogens with zero attached hydrogens (tertiary/aromatic N) is 9. The summed E-state index contributed by atoms with van der Waals surface area (Å²) >= 11 is 0.659. The van der Waals surface area contributed by atoms with E-state index in [1.807, 2.05) is 5.48 Å². The molecule has 1 aromatic heterocycles. The van der Waals surface area contributed by atoms with Gasteiger partial charge in [0.05, 0.1) is 63.4 Å². The van der Waals surface area contributed by atoms with Gasteiger partial charge in [0, 0.05) is 29.7 Å². The molecule has 368 valence electrons. The number of non-ortho nitro benzene ring substituents is 1. The van der Waals surface area contributed by atoms with Gasteiger partial charge in [-0.2, -0.15) is 18.2 Å². The molecule has 5 aromatic carbocycles. The fourth-order valence-electron chi connectivity index (χ4n) is 5.81. The number of phenolic OH excluding ortho intramolecular Hbond substituents is 1. The summed E-state index contributed by atoms with van der Waals surface area (Å²) in [6, 6.07) is 14.2. The molecule has 0 aliphatic heterocycles. The molecule has 0 fully saturated rings. The number of aromatic nitrogens is 2. The van der Waals surface area contributed by atoms with Crippen LogP contribution in [0, 0.1) is 10.1 Å². The average Bonchev–Trinajstić information content (AvgIpc) is 3.67. The Hall–Kier alpha value is -7.55. The largest absolute Gasteiger partial charge is 0.505 e. The van der Waals surface area contributed by atoms with Crippen molar-refractivity contribution < 1.29 is 92.1 Å². The molecule has 6 rings (SSSR count). The number of nitrogens with two attached hydrogens (primary N) is 1. The van der Waals surface area contributed by atoms with Gasteiger partial charge in [-0.1, -0.05) is 10.1 Å². The minimum absolute atomic E-state index is 0.0379. The van der Waals surface area contributed by atoms with E-state index in [9.17, 15) is 48.3 Å². The molecule has 1 heterocycles. The van der Waals surface area contributed by atoms with Crippen LogP contribution in [0.1, 0.15) is 10.5 Å². The molecule has 6 aromatic rings. The first-order valence-electron chi connectivity index (χ1n) is 18.7. The first kappa shape index (κ1) is 51.8. The average molecular weight is 1030 g/mol. The first-order valence-corrected chi connectivity index (χ1v) is 21.6. The summed E-state index contributed by atoms with van der Waals surface area (Å²) in [5.74, 6) is -2.77. The number of aromatic hydroxyl groups is 2. The number of benzene rings is 5. The van der Waals surface area contributed by atoms with Crippen molar-refractivity contribution in [1.82, 2.24) is 9.78 Å². The van der Waals surface area contributed by atoms with Gasteiger partial charge >= 0.3 is 0 Å². The quantitative estimate of drug-likeness (QED) is 0.00707. The summed E-state index contributed by atoms with van der Waals surface area (Å²) in [4.78, 5) is 25.9. The molecular formula is C36H31N11O20S3. The maximum absolute atomic E-state index is 12.5. The zero-order valence-corrected chi connectivity index (χ0v) is 37.0. The first-order chi connectivity index (χ1) is 33.6. The van der Waals surface area contributed by atoms with E-state index in [1.54, 1.807) is 0 Å². The zero-order chi connectivity index (χ0) is 50.5. The Balaban J connectivity index is 1.40. The standard InChI is InChI=1S/C36H31N11O20S3/c37-35(51)32-33(43-38-22-6-3-20(47(53)54)14-28(22)68-66-64-56)36(52)46(44-32)19-2-4-21-17(11-19)12-29(69-67-65-57)31(34(21)50)42-41-25-16-26(61-9-7-48)24(15-27(25)62-10-8-49)40-39-23-5-1-18(45-63-55)13-30(23)70(58,59)60/h1-6,11-16,45,48-50,52,55-57H,7-10H2,(H2,37,51)(H,58,59,60). The Kier molecular flexibility index (Phi) is 17.5. The number of azo groups is 3. The number of aliphatic hydroxyl groups excluding tert-OH is 2. The van der Waals surface area contributed by atoms with Gasteiger partial charge in [0.25, 0.3) is 21.7 Å². The van der Waals surface area contributed by atoms with E-state index in [1.165, 1.54) is 42.5 Å². The van der Waals surface area contributed by atoms with E-state index in [0.717, 1.165) is 35.0 Å². The maximum atomic E-state index is 12.5. The molecule has 70 heavy (non-hydrogen) atoms. The van der Waals surface area contributed by atoms with Crippen molar-refractivity contribution in [1.29, 1.82) is 0 Å². The lowest BCUT2D eigenvalue weighted by Gasteiger charge is -2.13. The van der Waals surface area contributed by atoms with Crippen molar-refractivity contribution in [2.75, 3.05) is 31.9 Å². The van der Waals surface area contributed by atoms with Crippen molar-refractivity contribution in [3.05, 3.63) is 88.6 Å². The van der Waals surface area contributed by atoms with Crippen LogP contribution in [-0.2, 0) is 33.9 Å². The number of hydrogen-bond donors (Lipinski definition) is 10. The van der Waals surface area contributed by atoms with Gasteiger partial charge in [-0.15, -0.1) is 44.3 Å². The lowest BCUT2D eigenvalue weighted by molar-refractivity contribution is -0.432. The van der Waals surface area contributed by atoms with Crippen LogP contribution >= 0.6 is 24.1 Å². The van der Waals surface area contributed by atoms with Crippen LogP contribution < -0.4 is 20.7 Å². The minimum atomic E-state index is -4.92. The number of rotatable bonds is 24. The third-order valence-electron chi connectivity index (χ3n) is 8.73. The van der Waals surface area contributed by atoms with Crippen molar-refractivity contribution in [2.24, 2.45) is 36.4 Å². The van der Waals surface area contributed by atoms with E-state index >= 15 is 0 Å². The molecule has 1 amide bonds. The van der Waals surface area contributed by atoms with E-state index in [-0.39, 0.29) is 85.1 Å². The Morgan fingerprint density at radius 2 is 1.37 bits per heavy atom. The Morgan fingerprint density at radius 3 is 1.97 bits per heavy atom. The monoisotopic (exact) mass is 1030 g/mol. The molecule has 0 spiro atoms. The lowest BCUT2D eigenvalue weighted by atomic mass is 10.1. The van der Waals surface area contributed by atoms with E-state index in [2.05, 4.69) is 59.5 Å². The van der Waals surface area contributed by atoms with Crippen LogP contribution in [0.3, 0.4) is 0 Å². The number of ether oxygens (including phenoxy) is 2. The number of phenols is 1. The van der Waals surface area contributed by atoms with Crippen molar-refractivity contribution in [3.8, 4) is 28.8 Å². The summed E-state index contributed by atoms with van der Waals surface area (Å²) < 4.78 is 55.2. The lowest BCUT2D eigenvalue weighted by Crippen LogP contribution is -2.12. The maximum Gasteiger partial charge on any atom is 0.296 e. The number of amides is 1. The van der Waals surface area contributed by atoms with Gasteiger partial charge in [-0.05, 0) is 53.9 Å². The second kappa shape index (κ2) is 23.6. The van der Waals surface area contributed by atoms with Crippen LogP contribution in [0.4, 0.5) is 45.5 Å². The van der Waals surface area contributed by atoms with Crippen LogP contribution in [-0.4, -0.2) is 96.2 Å². The number of nitrogens with one attached hydrogen (secondary N) is 1. The fraction of sp³-hybridized carbons (Fsp3) is 0.111. The summed E-state index contributed by atoms with van der Waals surface area (Å²) in [7, 11) is -4.92. The highest BCUT2D eigenvalue weighted by molar-refractivity contribution is 7.95. The summed E-state index contributed by atoms with van der Waals surface area (Å²) in [6.45, 7) is -1.62. The smallest absolute Gasteiger partial charge is 0.296 e. The van der Waals surface area contributed by atoms with E-state index in [0.29, 0.717) is 24.1 Å². The van der Waals surface area contributed by atoms with Gasteiger partial charge in [-0.3, -0.25) is 19.5 Å². The topological polar surface area (TPSA) is 451 Å². The molecule has 0 saturated heterocycles. The number of nitro benzene ring substituents is 1. The van der Waals surface area contributed by atoms with Gasteiger partial charge < -0.3 is 35.6 Å². The normalized spacial score (nSPS) is 11.9. The Bertz CT molecular complexity index is 3120. The van der Waals surface area contributed by atoms with E-state index in [4.69, 9.17) is 31.0 Å². The highest BCUT2D eigenvalue weighted by Gasteiger charge is 2.25. The molecule has 0 aliphatic carbocycles. The highest BCUT2D eigenvalue weighted by Crippen LogP contribution is 2.47. The van der Waals surface area contributed by atoms with Gasteiger partial charge in [0.15, 0.2) is 17.1 Å². The molecule has 0 atom stereocenters. The molecule has 0 unspecified atom stereocenters. The van der Waals surface area contributed by atoms with Crippen LogP contribution in [0.25, 0.3) is 16.5 Å². The number of nitro groups is 1. The minimum Gasteiger partial charge on any atom is -0.505 e. The van der Waals surface area contributed by atoms with E-state index < -0.39 is 67.8 Å². The molecule has 34 heteroatoms. The number of anilines is 1. The number of carbonyl (C=O) groups excluding carboxylic acids is 1. The number of aliphatic hydroxyl groups is 2. The molecule has 11 N–H and O–H groups in total. The van der Waals surface area contributed by atoms with Gasteiger partial charge in [0.2, 0.25) is 5.88 Å². The van der Waals surface area contributed by atoms with Gasteiger partial charge in [-0.25, -0.2) is 21.3 Å². The van der Waals surface area contributed by atoms with Crippen molar-refractivity contribution in [3.63, 3.8) is 0 Å². The molecule has 0 bridgehead atoms. The number of primary amides is 1. The summed E-state index contributed by atoms with van der Waals surface area (Å²) in [6.07, 6.45) is 0. The molecular weight excluding hydrogens is 1000 g/mol. The summed E-state index contributed by atoms with van der Waals surface area (Å²) in [5, 5.41) is 115. The third kappa shape index (κ3) is 12.4. The highest BCUT2D eigenvalue weighted by atomic mass is 32.2. The second-order valence-corrected chi connectivity index (χ2v) is 15.9. The number of hydrogen-bond acceptors (Lipinski definition) is 29. The third-order valence-corrected chi connectivity index (χ3v) is 10.9. The molecule has 0 radical (unpaired) electrons. The second-order valence-electron chi connectivity index (χ2n) is 13.0. The number of carbonyl (C=O) groups is 1. The predicted molar refractivity (Wildman–Crippen MR) is 235 cm³/mol. The zero-order valence-electron chi connectivity index (χ0n) is 34.6. The predicted octanol–water partition coefficient (Wildman–Crippen LogP) is 7.35. The fourth-order valence-corrected chi connectivity index (χ4v) is 7.42.